The summed E-state index contributed by atoms with van der Waals surface area (Å²) in [4.78, 5) is 11.1. The largest absolute Gasteiger partial charge is 0.481 e. The molecule has 1 aromatic carbocycles. The lowest BCUT2D eigenvalue weighted by Crippen LogP contribution is -2.38. The first kappa shape index (κ1) is 12.6. The van der Waals surface area contributed by atoms with Crippen LogP contribution in [-0.2, 0) is 4.79 Å². The lowest BCUT2D eigenvalue weighted by atomic mass is 9.76. The van der Waals surface area contributed by atoms with Crippen LogP contribution >= 0.6 is 0 Å². The molecule has 0 bridgehead atoms. The Bertz CT molecular complexity index is 504. The SMILES string of the molecule is CC(C(=O)O)C1(F)CC=CC=C1c1ccccc1. The van der Waals surface area contributed by atoms with Gasteiger partial charge >= 0.3 is 5.97 Å². The minimum Gasteiger partial charge on any atom is -0.481 e. The Morgan fingerprint density at radius 2 is 2.06 bits per heavy atom. The van der Waals surface area contributed by atoms with Gasteiger partial charge in [-0.15, -0.1) is 0 Å². The zero-order valence-corrected chi connectivity index (χ0v) is 10.1. The predicted octanol–water partition coefficient (Wildman–Crippen LogP) is 3.46. The Morgan fingerprint density at radius 3 is 2.67 bits per heavy atom. The molecular weight excluding hydrogens is 231 g/mol. The molecule has 3 heteroatoms. The molecule has 94 valence electrons. The number of hydrogen-bond acceptors (Lipinski definition) is 1. The first-order valence-corrected chi connectivity index (χ1v) is 5.90. The smallest absolute Gasteiger partial charge is 0.309 e. The van der Waals surface area contributed by atoms with Gasteiger partial charge in [-0.1, -0.05) is 48.6 Å². The summed E-state index contributed by atoms with van der Waals surface area (Å²) >= 11 is 0. The molecule has 2 nitrogen and oxygen atoms in total. The van der Waals surface area contributed by atoms with Gasteiger partial charge in [0.2, 0.25) is 0 Å². The monoisotopic (exact) mass is 246 g/mol. The van der Waals surface area contributed by atoms with E-state index < -0.39 is 17.6 Å². The van der Waals surface area contributed by atoms with Crippen LogP contribution in [0, 0.1) is 5.92 Å². The third-order valence-corrected chi connectivity index (χ3v) is 3.40. The summed E-state index contributed by atoms with van der Waals surface area (Å²) in [6, 6.07) is 9.09. The number of carboxylic acid groups (broad SMARTS) is 1. The van der Waals surface area contributed by atoms with Crippen LogP contribution in [0.5, 0.6) is 0 Å². The molecule has 0 amide bonds. The van der Waals surface area contributed by atoms with E-state index in [1.165, 1.54) is 6.92 Å². The van der Waals surface area contributed by atoms with Crippen LogP contribution in [-0.4, -0.2) is 16.7 Å². The van der Waals surface area contributed by atoms with Gasteiger partial charge in [0.15, 0.2) is 5.67 Å². The Morgan fingerprint density at radius 1 is 1.39 bits per heavy atom. The minimum absolute atomic E-state index is 0.0984. The molecule has 18 heavy (non-hydrogen) atoms. The maximum atomic E-state index is 15.1. The lowest BCUT2D eigenvalue weighted by molar-refractivity contribution is -0.144. The zero-order valence-electron chi connectivity index (χ0n) is 10.1. The molecule has 1 aromatic rings. The summed E-state index contributed by atoms with van der Waals surface area (Å²) < 4.78 is 15.1. The van der Waals surface area contributed by atoms with Gasteiger partial charge in [0, 0.05) is 6.42 Å². The van der Waals surface area contributed by atoms with Crippen molar-refractivity contribution in [1.82, 2.24) is 0 Å². The Kier molecular flexibility index (Phi) is 3.32. The average Bonchev–Trinajstić information content (AvgIpc) is 2.39. The zero-order chi connectivity index (χ0) is 13.2. The van der Waals surface area contributed by atoms with E-state index in [0.29, 0.717) is 5.57 Å². The fourth-order valence-electron chi connectivity index (χ4n) is 2.21. The van der Waals surface area contributed by atoms with Gasteiger partial charge in [-0.3, -0.25) is 4.79 Å². The number of carbonyl (C=O) groups is 1. The highest BCUT2D eigenvalue weighted by molar-refractivity contribution is 5.82. The number of aliphatic carboxylic acids is 1. The number of benzene rings is 1. The van der Waals surface area contributed by atoms with Crippen molar-refractivity contribution in [3.05, 3.63) is 54.1 Å². The molecule has 0 saturated carbocycles. The number of carboxylic acids is 1. The van der Waals surface area contributed by atoms with Crippen molar-refractivity contribution in [2.75, 3.05) is 0 Å². The van der Waals surface area contributed by atoms with Gasteiger partial charge in [-0.25, -0.2) is 4.39 Å². The number of rotatable bonds is 3. The highest BCUT2D eigenvalue weighted by Gasteiger charge is 2.44. The van der Waals surface area contributed by atoms with Crippen LogP contribution in [0.1, 0.15) is 18.9 Å². The van der Waals surface area contributed by atoms with E-state index in [1.807, 2.05) is 18.2 Å². The summed E-state index contributed by atoms with van der Waals surface area (Å²) in [6.07, 6.45) is 5.21. The van der Waals surface area contributed by atoms with Crippen molar-refractivity contribution < 1.29 is 14.3 Å². The second-order valence-electron chi connectivity index (χ2n) is 4.50. The molecule has 1 aliphatic carbocycles. The third kappa shape index (κ3) is 2.08. The van der Waals surface area contributed by atoms with E-state index >= 15 is 4.39 Å². The normalized spacial score (nSPS) is 24.4. The van der Waals surface area contributed by atoms with Crippen molar-refractivity contribution in [3.8, 4) is 0 Å². The van der Waals surface area contributed by atoms with Crippen LogP contribution in [0.4, 0.5) is 4.39 Å². The average molecular weight is 246 g/mol. The predicted molar refractivity (Wildman–Crippen MR) is 68.8 cm³/mol. The summed E-state index contributed by atoms with van der Waals surface area (Å²) in [5, 5.41) is 9.07. The number of halogens is 1. The third-order valence-electron chi connectivity index (χ3n) is 3.40. The highest BCUT2D eigenvalue weighted by atomic mass is 19.1. The Hall–Kier alpha value is -1.90. The lowest BCUT2D eigenvalue weighted by Gasteiger charge is -2.32. The fourth-order valence-corrected chi connectivity index (χ4v) is 2.21. The molecule has 0 radical (unpaired) electrons. The molecule has 0 saturated heterocycles. The van der Waals surface area contributed by atoms with Crippen molar-refractivity contribution in [2.45, 2.75) is 19.0 Å². The Labute approximate surface area is 105 Å². The first-order chi connectivity index (χ1) is 8.55. The summed E-state index contributed by atoms with van der Waals surface area (Å²) in [5.74, 6) is -2.19. The molecule has 1 aliphatic rings. The maximum absolute atomic E-state index is 15.1. The molecule has 0 aliphatic heterocycles. The standard InChI is InChI=1S/C15H15FO2/c1-11(14(17)18)15(16)10-6-5-9-13(15)12-7-3-2-4-8-12/h2-9,11H,10H2,1H3,(H,17,18). The molecule has 0 aromatic heterocycles. The first-order valence-electron chi connectivity index (χ1n) is 5.90. The highest BCUT2D eigenvalue weighted by Crippen LogP contribution is 2.42. The molecule has 2 atom stereocenters. The number of allylic oxidation sites excluding steroid dienone is 4. The second-order valence-corrected chi connectivity index (χ2v) is 4.50. The minimum atomic E-state index is -1.85. The second kappa shape index (κ2) is 4.77. The van der Waals surface area contributed by atoms with Gasteiger partial charge in [0.05, 0.1) is 5.92 Å². The van der Waals surface area contributed by atoms with Crippen LogP contribution in [0.25, 0.3) is 5.57 Å². The van der Waals surface area contributed by atoms with Gasteiger partial charge < -0.3 is 5.11 Å². The van der Waals surface area contributed by atoms with Crippen LogP contribution < -0.4 is 0 Å². The fraction of sp³-hybridized carbons (Fsp3) is 0.267. The Balaban J connectivity index is 2.46. The van der Waals surface area contributed by atoms with E-state index in [4.69, 9.17) is 5.11 Å². The van der Waals surface area contributed by atoms with E-state index in [2.05, 4.69) is 0 Å². The molecule has 2 unspecified atom stereocenters. The van der Waals surface area contributed by atoms with Crippen LogP contribution in [0.2, 0.25) is 0 Å². The van der Waals surface area contributed by atoms with Crippen molar-refractivity contribution in [3.63, 3.8) is 0 Å². The summed E-state index contributed by atoms with van der Waals surface area (Å²) in [7, 11) is 0. The molecule has 0 heterocycles. The van der Waals surface area contributed by atoms with E-state index in [9.17, 15) is 4.79 Å². The molecule has 0 spiro atoms. The number of hydrogen-bond donors (Lipinski definition) is 1. The molecule has 2 rings (SSSR count). The topological polar surface area (TPSA) is 37.3 Å². The summed E-state index contributed by atoms with van der Waals surface area (Å²) in [6.45, 7) is 1.41. The number of alkyl halides is 1. The van der Waals surface area contributed by atoms with Gasteiger partial charge in [-0.05, 0) is 18.1 Å². The summed E-state index contributed by atoms with van der Waals surface area (Å²) in [5.41, 5.74) is -0.667. The maximum Gasteiger partial charge on any atom is 0.309 e. The molecule has 1 N–H and O–H groups in total. The van der Waals surface area contributed by atoms with E-state index in [-0.39, 0.29) is 6.42 Å². The van der Waals surface area contributed by atoms with Gasteiger partial charge in [0.25, 0.3) is 0 Å². The van der Waals surface area contributed by atoms with Gasteiger partial charge in [-0.2, -0.15) is 0 Å². The molecule has 0 fully saturated rings. The van der Waals surface area contributed by atoms with Gasteiger partial charge in [0.1, 0.15) is 0 Å². The van der Waals surface area contributed by atoms with Crippen molar-refractivity contribution >= 4 is 11.5 Å². The molecular formula is C15H15FO2. The quantitative estimate of drug-likeness (QED) is 0.886. The van der Waals surface area contributed by atoms with Crippen LogP contribution in [0.3, 0.4) is 0 Å². The van der Waals surface area contributed by atoms with E-state index in [1.54, 1.807) is 30.4 Å². The van der Waals surface area contributed by atoms with E-state index in [0.717, 1.165) is 5.56 Å². The van der Waals surface area contributed by atoms with Crippen LogP contribution in [0.15, 0.2) is 48.6 Å². The van der Waals surface area contributed by atoms with Crippen molar-refractivity contribution in [2.24, 2.45) is 5.92 Å². The van der Waals surface area contributed by atoms with Crippen molar-refractivity contribution in [1.29, 1.82) is 0 Å².